The van der Waals surface area contributed by atoms with Crippen LogP contribution in [0.4, 0.5) is 18.9 Å². The summed E-state index contributed by atoms with van der Waals surface area (Å²) < 4.78 is 49.3. The molecule has 0 saturated carbocycles. The maximum atomic E-state index is 13.5. The van der Waals surface area contributed by atoms with Gasteiger partial charge in [0.2, 0.25) is 11.7 Å². The number of carbonyl (C=O) groups is 3. The molecule has 10 heteroatoms. The summed E-state index contributed by atoms with van der Waals surface area (Å²) in [5, 5.41) is 4.14. The van der Waals surface area contributed by atoms with E-state index in [1.165, 1.54) is 13.0 Å². The number of amides is 2. The Labute approximate surface area is 151 Å². The number of hydrogen-bond acceptors (Lipinski definition) is 5. The third-order valence-electron chi connectivity index (χ3n) is 3.33. The number of esters is 1. The monoisotopic (exact) mass is 384 g/mol. The van der Waals surface area contributed by atoms with Gasteiger partial charge in [-0.05, 0) is 38.1 Å². The van der Waals surface area contributed by atoms with E-state index in [0.717, 1.165) is 6.07 Å². The Hall–Kier alpha value is -3.30. The number of nitrogens with one attached hydrogen (secondary N) is 2. The van der Waals surface area contributed by atoms with Gasteiger partial charge in [0.05, 0.1) is 12.2 Å². The smallest absolute Gasteiger partial charge is 0.375 e. The largest absolute Gasteiger partial charge is 0.454 e. The van der Waals surface area contributed by atoms with Crippen LogP contribution in [0, 0.1) is 24.4 Å². The first-order chi connectivity index (χ1) is 12.7. The van der Waals surface area contributed by atoms with Crippen molar-refractivity contribution in [3.63, 3.8) is 0 Å². The number of ether oxygens (including phenoxy) is 1. The topological polar surface area (TPSA) is 97.6 Å². The second-order valence-corrected chi connectivity index (χ2v) is 5.45. The van der Waals surface area contributed by atoms with Crippen molar-refractivity contribution in [1.82, 2.24) is 5.32 Å². The summed E-state index contributed by atoms with van der Waals surface area (Å²) in [4.78, 5) is 35.3. The van der Waals surface area contributed by atoms with Gasteiger partial charge in [0.25, 0.3) is 5.91 Å². The van der Waals surface area contributed by atoms with Crippen LogP contribution >= 0.6 is 0 Å². The number of halogens is 3. The van der Waals surface area contributed by atoms with E-state index in [-0.39, 0.29) is 5.76 Å². The van der Waals surface area contributed by atoms with Gasteiger partial charge in [-0.2, -0.15) is 0 Å². The van der Waals surface area contributed by atoms with Gasteiger partial charge in [-0.15, -0.1) is 0 Å². The zero-order valence-electron chi connectivity index (χ0n) is 14.3. The Morgan fingerprint density at radius 3 is 2.44 bits per heavy atom. The number of hydrogen-bond donors (Lipinski definition) is 2. The second-order valence-electron chi connectivity index (χ2n) is 5.45. The highest BCUT2D eigenvalue weighted by Crippen LogP contribution is 2.19. The molecule has 0 fully saturated rings. The molecule has 1 aromatic heterocycles. The van der Waals surface area contributed by atoms with E-state index in [2.05, 4.69) is 5.32 Å². The maximum Gasteiger partial charge on any atom is 0.375 e. The molecule has 2 amide bonds. The predicted octanol–water partition coefficient (Wildman–Crippen LogP) is 2.31. The summed E-state index contributed by atoms with van der Waals surface area (Å²) in [7, 11) is 0. The van der Waals surface area contributed by atoms with Gasteiger partial charge in [-0.3, -0.25) is 9.59 Å². The SMILES string of the molecule is Cc1ccc(C(=O)OC(C)C(=O)NCC(=O)Nc2ccc(F)c(F)c2F)o1. The molecule has 0 bridgehead atoms. The minimum atomic E-state index is -1.73. The molecule has 1 heterocycles. The number of rotatable bonds is 6. The predicted molar refractivity (Wildman–Crippen MR) is 86.3 cm³/mol. The number of carbonyl (C=O) groups excluding carboxylic acids is 3. The van der Waals surface area contributed by atoms with Gasteiger partial charge in [-0.25, -0.2) is 18.0 Å². The lowest BCUT2D eigenvalue weighted by Gasteiger charge is -2.13. The molecular weight excluding hydrogens is 369 g/mol. The summed E-state index contributed by atoms with van der Waals surface area (Å²) >= 11 is 0. The van der Waals surface area contributed by atoms with Crippen molar-refractivity contribution in [3.05, 3.63) is 53.2 Å². The number of aryl methyl sites for hydroxylation is 1. The summed E-state index contributed by atoms with van der Waals surface area (Å²) in [6, 6.07) is 4.41. The third kappa shape index (κ3) is 5.09. The van der Waals surface area contributed by atoms with Gasteiger partial charge >= 0.3 is 5.97 Å². The standard InChI is InChI=1S/C17H15F3N2O5/c1-8-3-6-12(26-8)17(25)27-9(2)16(24)21-7-13(23)22-11-5-4-10(18)14(19)15(11)20/h3-6,9H,7H2,1-2H3,(H,21,24)(H,22,23). The van der Waals surface area contributed by atoms with Gasteiger partial charge in [0.1, 0.15) is 5.76 Å². The van der Waals surface area contributed by atoms with Crippen molar-refractivity contribution in [2.24, 2.45) is 0 Å². The van der Waals surface area contributed by atoms with E-state index in [1.54, 1.807) is 13.0 Å². The van der Waals surface area contributed by atoms with Gasteiger partial charge in [-0.1, -0.05) is 0 Å². The van der Waals surface area contributed by atoms with Crippen molar-refractivity contribution in [2.75, 3.05) is 11.9 Å². The van der Waals surface area contributed by atoms with E-state index in [1.807, 2.05) is 5.32 Å². The van der Waals surface area contributed by atoms with Crippen molar-refractivity contribution >= 4 is 23.5 Å². The van der Waals surface area contributed by atoms with Crippen LogP contribution in [0.5, 0.6) is 0 Å². The molecule has 1 unspecified atom stereocenters. The molecular formula is C17H15F3N2O5. The summed E-state index contributed by atoms with van der Waals surface area (Å²) in [6.07, 6.45) is -1.24. The fraction of sp³-hybridized carbons (Fsp3) is 0.235. The average Bonchev–Trinajstić information content (AvgIpc) is 3.06. The molecule has 2 aromatic rings. The Kier molecular flexibility index (Phi) is 6.22. The van der Waals surface area contributed by atoms with Crippen LogP contribution in [-0.2, 0) is 14.3 Å². The quantitative estimate of drug-likeness (QED) is 0.588. The Morgan fingerprint density at radius 2 is 1.81 bits per heavy atom. The molecule has 0 radical (unpaired) electrons. The molecule has 0 aliphatic carbocycles. The maximum absolute atomic E-state index is 13.5. The Bertz CT molecular complexity index is 881. The minimum Gasteiger partial charge on any atom is -0.454 e. The molecule has 0 saturated heterocycles. The summed E-state index contributed by atoms with van der Waals surface area (Å²) in [5.41, 5.74) is -0.583. The third-order valence-corrected chi connectivity index (χ3v) is 3.33. The molecule has 2 rings (SSSR count). The summed E-state index contributed by atoms with van der Waals surface area (Å²) in [6.45, 7) is 2.29. The van der Waals surface area contributed by atoms with Crippen LogP contribution in [-0.4, -0.2) is 30.4 Å². The van der Waals surface area contributed by atoms with Gasteiger partial charge < -0.3 is 19.8 Å². The van der Waals surface area contributed by atoms with Gasteiger partial charge in [0.15, 0.2) is 23.6 Å². The van der Waals surface area contributed by atoms with E-state index in [0.29, 0.717) is 11.8 Å². The zero-order valence-corrected chi connectivity index (χ0v) is 14.3. The molecule has 1 aromatic carbocycles. The lowest BCUT2D eigenvalue weighted by Crippen LogP contribution is -2.40. The van der Waals surface area contributed by atoms with E-state index < -0.39 is 53.6 Å². The zero-order chi connectivity index (χ0) is 20.1. The number of anilines is 1. The highest BCUT2D eigenvalue weighted by molar-refractivity contribution is 5.96. The van der Waals surface area contributed by atoms with E-state index in [9.17, 15) is 27.6 Å². The van der Waals surface area contributed by atoms with Crippen molar-refractivity contribution in [3.8, 4) is 0 Å². The first-order valence-electron chi connectivity index (χ1n) is 7.67. The molecule has 7 nitrogen and oxygen atoms in total. The fourth-order valence-electron chi connectivity index (χ4n) is 1.94. The molecule has 2 N–H and O–H groups in total. The summed E-state index contributed by atoms with van der Waals surface area (Å²) in [5.74, 6) is -6.85. The molecule has 1 atom stereocenters. The first-order valence-corrected chi connectivity index (χ1v) is 7.67. The number of furan rings is 1. The average molecular weight is 384 g/mol. The molecule has 27 heavy (non-hydrogen) atoms. The van der Waals surface area contributed by atoms with Crippen LogP contribution in [0.25, 0.3) is 0 Å². The normalized spacial score (nSPS) is 11.6. The van der Waals surface area contributed by atoms with Gasteiger partial charge in [0, 0.05) is 0 Å². The highest BCUT2D eigenvalue weighted by atomic mass is 19.2. The van der Waals surface area contributed by atoms with Crippen molar-refractivity contribution in [2.45, 2.75) is 20.0 Å². The second kappa shape index (κ2) is 8.39. The van der Waals surface area contributed by atoms with Crippen LogP contribution in [0.3, 0.4) is 0 Å². The lowest BCUT2D eigenvalue weighted by molar-refractivity contribution is -0.130. The first kappa shape index (κ1) is 20.0. The number of benzene rings is 1. The van der Waals surface area contributed by atoms with Crippen molar-refractivity contribution in [1.29, 1.82) is 0 Å². The Morgan fingerprint density at radius 1 is 1.11 bits per heavy atom. The molecule has 144 valence electrons. The Balaban J connectivity index is 1.84. The molecule has 0 spiro atoms. The minimum absolute atomic E-state index is 0.0845. The van der Waals surface area contributed by atoms with E-state index >= 15 is 0 Å². The van der Waals surface area contributed by atoms with Crippen LogP contribution < -0.4 is 10.6 Å². The lowest BCUT2D eigenvalue weighted by atomic mass is 10.2. The molecule has 0 aliphatic heterocycles. The highest BCUT2D eigenvalue weighted by Gasteiger charge is 2.22. The van der Waals surface area contributed by atoms with Crippen LogP contribution in [0.2, 0.25) is 0 Å². The van der Waals surface area contributed by atoms with Crippen LogP contribution in [0.1, 0.15) is 23.2 Å². The van der Waals surface area contributed by atoms with E-state index in [4.69, 9.17) is 9.15 Å². The van der Waals surface area contributed by atoms with Crippen molar-refractivity contribution < 1.29 is 36.7 Å². The fourth-order valence-corrected chi connectivity index (χ4v) is 1.94. The molecule has 0 aliphatic rings. The van der Waals surface area contributed by atoms with Crippen LogP contribution in [0.15, 0.2) is 28.7 Å².